The number of nitrogens with one attached hydrogen (secondary N) is 2. The number of hydrogen-bond donors (Lipinski definition) is 4. The minimum Gasteiger partial charge on any atom is -0.481 e. The van der Waals surface area contributed by atoms with E-state index in [0.29, 0.717) is 22.9 Å². The van der Waals surface area contributed by atoms with Crippen LogP contribution in [0, 0.1) is 23.5 Å². The number of thiazole rings is 2. The minimum atomic E-state index is -3.02. The van der Waals surface area contributed by atoms with E-state index in [2.05, 4.69) is 30.6 Å². The van der Waals surface area contributed by atoms with Gasteiger partial charge in [-0.15, -0.1) is 22.7 Å². The molecule has 4 saturated heterocycles. The first-order chi connectivity index (χ1) is 36.2. The normalized spacial score (nSPS) is 26.6. The van der Waals surface area contributed by atoms with Gasteiger partial charge in [-0.2, -0.15) is 0 Å². The molecule has 8 heterocycles. The summed E-state index contributed by atoms with van der Waals surface area (Å²) in [6.45, 7) is -0.161. The second-order valence-corrected chi connectivity index (χ2v) is 21.8. The molecule has 0 radical (unpaired) electrons. The highest BCUT2D eigenvalue weighted by atomic mass is 35.5. The van der Waals surface area contributed by atoms with Crippen LogP contribution in [0.5, 0.6) is 0 Å². The summed E-state index contributed by atoms with van der Waals surface area (Å²) < 4.78 is 99.2. The number of piperidine rings is 2. The Balaban J connectivity index is 0.000000186. The number of hydrogen-bond acceptors (Lipinski definition) is 16. The molecule has 8 atom stereocenters. The maximum absolute atomic E-state index is 15.1. The third-order valence-electron chi connectivity index (χ3n) is 14.5. The molecule has 2 aromatic carbocycles. The Morgan fingerprint density at radius 3 is 1.39 bits per heavy atom. The Kier molecular flexibility index (Phi) is 16.0. The second kappa shape index (κ2) is 22.2. The SMILES string of the molecule is COC(=O)C1=C(CN2[C@@H]3C[C@H](CC(=O)O)C[C@H]2C(F)(F)C3)NC(c2nccs2)=N[C@H]1c1cccc(F)c1Cl.COC(=O)C1=C(CN2[C@H]3C[C@@H](CC(=O)O)C[C@@H]2C(F)(F)C3)NC(c2nccs2)=N[C@H]1c1cccc(F)c1Cl. The van der Waals surface area contributed by atoms with Crippen LogP contribution < -0.4 is 10.6 Å². The predicted molar refractivity (Wildman–Crippen MR) is 268 cm³/mol. The van der Waals surface area contributed by atoms with Crippen LogP contribution in [0.3, 0.4) is 0 Å². The van der Waals surface area contributed by atoms with Crippen molar-refractivity contribution in [1.29, 1.82) is 0 Å². The largest absolute Gasteiger partial charge is 0.481 e. The number of rotatable bonds is 14. The molecule has 0 unspecified atom stereocenters. The summed E-state index contributed by atoms with van der Waals surface area (Å²) >= 11 is 15.1. The van der Waals surface area contributed by atoms with E-state index in [-0.39, 0.29) is 106 Å². The molecule has 26 heteroatoms. The number of methoxy groups -OCH3 is 2. The molecule has 10 rings (SSSR count). The number of aliphatic imine (C=N–C) groups is 2. The average molecular weight is 1140 g/mol. The molecule has 2 aromatic heterocycles. The minimum absolute atomic E-state index is 0.0171. The van der Waals surface area contributed by atoms with Crippen molar-refractivity contribution in [2.45, 2.75) is 99.5 Å². The van der Waals surface area contributed by atoms with Gasteiger partial charge < -0.3 is 30.3 Å². The number of nitrogens with zero attached hydrogens (tertiary/aromatic N) is 6. The summed E-state index contributed by atoms with van der Waals surface area (Å²) in [7, 11) is 2.37. The number of amidine groups is 2. The van der Waals surface area contributed by atoms with Gasteiger partial charge in [-0.1, -0.05) is 47.5 Å². The standard InChI is InChI=1S/2C25H24ClF3N4O4S/c2*1-37-24(36)19-16(11-33-13-7-12(9-18(34)35)8-17(33)25(28,29)10-13)31-22(23-30-5-6-38-23)32-21(19)14-3-2-4-15(27)20(14)26/h2*2-6,12-13,17,21H,7-11H2,1H3,(H,31,32)(H,34,35)/t12-,13+,17-,21+;12-,13+,17-,21-/m10/s1. The number of carboxylic acid groups (broad SMARTS) is 2. The van der Waals surface area contributed by atoms with Gasteiger partial charge in [0.15, 0.2) is 21.7 Å². The van der Waals surface area contributed by atoms with Gasteiger partial charge in [0, 0.05) is 96.5 Å². The highest BCUT2D eigenvalue weighted by Crippen LogP contribution is 2.51. The fourth-order valence-corrected chi connectivity index (χ4v) is 13.0. The smallest absolute Gasteiger partial charge is 0.338 e. The summed E-state index contributed by atoms with van der Waals surface area (Å²) in [5.41, 5.74) is 1.02. The van der Waals surface area contributed by atoms with E-state index in [1.54, 1.807) is 45.1 Å². The Labute approximate surface area is 448 Å². The first-order valence-corrected chi connectivity index (χ1v) is 26.4. The summed E-state index contributed by atoms with van der Waals surface area (Å²) in [5, 5.41) is 28.6. The van der Waals surface area contributed by atoms with Crippen molar-refractivity contribution < 1.29 is 65.2 Å². The summed E-state index contributed by atoms with van der Waals surface area (Å²) in [6.07, 6.45) is 2.62. The van der Waals surface area contributed by atoms with Crippen LogP contribution in [0.4, 0.5) is 26.3 Å². The molecule has 404 valence electrons. The number of esters is 2. The highest BCUT2D eigenvalue weighted by molar-refractivity contribution is 7.12. The Morgan fingerprint density at radius 1 is 0.671 bits per heavy atom. The van der Waals surface area contributed by atoms with Gasteiger partial charge in [0.25, 0.3) is 11.8 Å². The molecular formula is C50H48Cl2F6N8O8S2. The van der Waals surface area contributed by atoms with Crippen LogP contribution in [-0.2, 0) is 28.7 Å². The molecule has 0 spiro atoms. The zero-order valence-electron chi connectivity index (χ0n) is 40.3. The van der Waals surface area contributed by atoms with Crippen molar-refractivity contribution in [1.82, 2.24) is 30.4 Å². The second-order valence-electron chi connectivity index (χ2n) is 19.2. The maximum Gasteiger partial charge on any atom is 0.338 e. The third kappa shape index (κ3) is 11.1. The fraction of sp³-hybridized carbons (Fsp3) is 0.440. The molecule has 4 bridgehead atoms. The van der Waals surface area contributed by atoms with Gasteiger partial charge >= 0.3 is 23.9 Å². The van der Waals surface area contributed by atoms with Crippen LogP contribution in [0.25, 0.3) is 0 Å². The molecule has 6 aliphatic rings. The number of carbonyl (C=O) groups is 4. The monoisotopic (exact) mass is 1140 g/mol. The van der Waals surface area contributed by atoms with Crippen molar-refractivity contribution in [3.8, 4) is 0 Å². The Hall–Kier alpha value is -5.92. The molecule has 4 N–H and O–H groups in total. The number of benzene rings is 2. The topological polar surface area (TPSA) is 208 Å². The van der Waals surface area contributed by atoms with E-state index in [4.69, 9.17) is 32.7 Å². The van der Waals surface area contributed by atoms with Gasteiger partial charge in [0.2, 0.25) is 0 Å². The van der Waals surface area contributed by atoms with Crippen LogP contribution in [0.2, 0.25) is 10.0 Å². The quantitative estimate of drug-likeness (QED) is 0.0688. The van der Waals surface area contributed by atoms with Gasteiger partial charge in [-0.3, -0.25) is 29.4 Å². The molecule has 6 aliphatic heterocycles. The van der Waals surface area contributed by atoms with E-state index in [0.717, 1.165) is 0 Å². The number of halogens is 8. The van der Waals surface area contributed by atoms with Crippen LogP contribution >= 0.6 is 45.9 Å². The van der Waals surface area contributed by atoms with Crippen molar-refractivity contribution in [3.05, 3.63) is 125 Å². The van der Waals surface area contributed by atoms with Crippen molar-refractivity contribution in [2.24, 2.45) is 21.8 Å². The van der Waals surface area contributed by atoms with E-state index in [1.807, 2.05) is 0 Å². The Bertz CT molecular complexity index is 2840. The lowest BCUT2D eigenvalue weighted by Gasteiger charge is -2.40. The lowest BCUT2D eigenvalue weighted by molar-refractivity contribution is -0.140. The predicted octanol–water partition coefficient (Wildman–Crippen LogP) is 8.83. The first kappa shape index (κ1) is 54.9. The van der Waals surface area contributed by atoms with Crippen molar-refractivity contribution in [3.63, 3.8) is 0 Å². The highest BCUT2D eigenvalue weighted by Gasteiger charge is 2.59. The van der Waals surface area contributed by atoms with Crippen LogP contribution in [0.15, 0.2) is 92.1 Å². The zero-order valence-corrected chi connectivity index (χ0v) is 43.5. The zero-order chi connectivity index (χ0) is 54.4. The molecule has 4 fully saturated rings. The number of ether oxygens (including phenoxy) is 2. The summed E-state index contributed by atoms with van der Waals surface area (Å²) in [6, 6.07) is 2.62. The average Bonchev–Trinajstić information content (AvgIpc) is 4.17. The molecule has 0 amide bonds. The fourth-order valence-electron chi connectivity index (χ4n) is 11.4. The summed E-state index contributed by atoms with van der Waals surface area (Å²) in [5.74, 6) is -11.2. The van der Waals surface area contributed by atoms with E-state index in [9.17, 15) is 38.2 Å². The van der Waals surface area contributed by atoms with Crippen molar-refractivity contribution >= 4 is 81.4 Å². The number of alkyl halides is 4. The Morgan fingerprint density at radius 2 is 1.07 bits per heavy atom. The molecule has 0 aliphatic carbocycles. The lowest BCUT2D eigenvalue weighted by Crippen LogP contribution is -2.50. The van der Waals surface area contributed by atoms with E-state index >= 15 is 17.6 Å². The first-order valence-electron chi connectivity index (χ1n) is 23.9. The number of carbonyl (C=O) groups excluding carboxylic acids is 2. The number of carboxylic acids is 2. The summed E-state index contributed by atoms with van der Waals surface area (Å²) in [4.78, 5) is 69.8. The molecule has 16 nitrogen and oxygen atoms in total. The van der Waals surface area contributed by atoms with Crippen LogP contribution in [-0.4, -0.2) is 129 Å². The lowest BCUT2D eigenvalue weighted by atomic mass is 9.87. The molecule has 4 aromatic rings. The van der Waals surface area contributed by atoms with Gasteiger partial charge in [-0.05, 0) is 49.7 Å². The van der Waals surface area contributed by atoms with E-state index in [1.165, 1.54) is 61.2 Å². The van der Waals surface area contributed by atoms with E-state index < -0.39 is 96.4 Å². The van der Waals surface area contributed by atoms with Crippen molar-refractivity contribution in [2.75, 3.05) is 27.3 Å². The molecule has 0 saturated carbocycles. The van der Waals surface area contributed by atoms with Gasteiger partial charge in [0.1, 0.15) is 23.7 Å². The van der Waals surface area contributed by atoms with Gasteiger partial charge in [-0.25, -0.2) is 45.9 Å². The van der Waals surface area contributed by atoms with Crippen LogP contribution in [0.1, 0.15) is 84.6 Å². The third-order valence-corrected chi connectivity index (χ3v) is 16.9. The molecular weight excluding hydrogens is 1090 g/mol. The molecule has 76 heavy (non-hydrogen) atoms. The number of aliphatic carboxylic acids is 2. The van der Waals surface area contributed by atoms with Gasteiger partial charge in [0.05, 0.1) is 47.5 Å². The number of aromatic nitrogens is 2. The number of fused-ring (bicyclic) bond motifs is 4. The maximum atomic E-state index is 15.1.